The first-order valence-electron chi connectivity index (χ1n) is 14.3. The molecular formula is C31H45NO4. The number of aliphatic imine (C=N–C) groups is 1. The minimum atomic E-state index is -0.775. The summed E-state index contributed by atoms with van der Waals surface area (Å²) in [5, 5.41) is 0. The summed E-state index contributed by atoms with van der Waals surface area (Å²) in [7, 11) is 1.62. The van der Waals surface area contributed by atoms with Crippen LogP contribution in [0.15, 0.2) is 28.8 Å². The minimum Gasteiger partial charge on any atom is -0.464 e. The lowest BCUT2D eigenvalue weighted by Crippen LogP contribution is -2.58. The van der Waals surface area contributed by atoms with Crippen LogP contribution in [0.2, 0.25) is 0 Å². The van der Waals surface area contributed by atoms with Gasteiger partial charge in [0.15, 0.2) is 6.10 Å². The average molecular weight is 496 g/mol. The maximum Gasteiger partial charge on any atom is 0.338 e. The highest BCUT2D eigenvalue weighted by molar-refractivity contribution is 5.81. The molecule has 4 aliphatic carbocycles. The number of nitrogens with zero attached hydrogens (tertiary/aromatic N) is 1. The van der Waals surface area contributed by atoms with Gasteiger partial charge in [-0.15, -0.1) is 0 Å². The third-order valence-corrected chi connectivity index (χ3v) is 11.4. The highest BCUT2D eigenvalue weighted by atomic mass is 16.6. The van der Waals surface area contributed by atoms with Crippen molar-refractivity contribution in [3.05, 3.63) is 23.8 Å². The molecule has 0 aromatic carbocycles. The Morgan fingerprint density at radius 1 is 1.11 bits per heavy atom. The Kier molecular flexibility index (Phi) is 6.85. The first kappa shape index (κ1) is 25.9. The Hall–Kier alpha value is -1.75. The summed E-state index contributed by atoms with van der Waals surface area (Å²) in [6.07, 6.45) is 17.0. The van der Waals surface area contributed by atoms with Crippen LogP contribution in [0.5, 0.6) is 0 Å². The standard InChI is InChI=1S/C31H45NO4/c1-6-36-28(34)27(35-5)31(19-20(2)8-7-17-32-31)26-12-11-24-23-10-9-21-18-22(33)13-15-29(21,3)25(23)14-16-30(24,26)4/h7-8,17,19,21,23-27H,6,9-16,18H2,1-5H3/t21?,23-,24-,25-,26?,27?,29-,30-,31?/m0/s1. The van der Waals surface area contributed by atoms with Gasteiger partial charge in [0.05, 0.1) is 6.61 Å². The number of ether oxygens (including phenoxy) is 2. The van der Waals surface area contributed by atoms with Gasteiger partial charge in [-0.3, -0.25) is 9.79 Å². The third-order valence-electron chi connectivity index (χ3n) is 11.4. The molecule has 1 heterocycles. The van der Waals surface area contributed by atoms with Crippen LogP contribution in [0.4, 0.5) is 0 Å². The zero-order valence-electron chi connectivity index (χ0n) is 22.9. The molecule has 198 valence electrons. The van der Waals surface area contributed by atoms with Crippen molar-refractivity contribution in [1.29, 1.82) is 0 Å². The van der Waals surface area contributed by atoms with Gasteiger partial charge in [0, 0.05) is 26.2 Å². The molecule has 4 saturated carbocycles. The third kappa shape index (κ3) is 3.87. The molecule has 0 radical (unpaired) electrons. The highest BCUT2D eigenvalue weighted by Crippen LogP contribution is 2.69. The van der Waals surface area contributed by atoms with E-state index in [2.05, 4.69) is 32.9 Å². The monoisotopic (exact) mass is 495 g/mol. The van der Waals surface area contributed by atoms with Crippen molar-refractivity contribution in [3.63, 3.8) is 0 Å². The van der Waals surface area contributed by atoms with E-state index in [9.17, 15) is 9.59 Å². The SMILES string of the molecule is CCOC(=O)C(OC)C1(C2CC[C@H]3[C@@H]4CCC5CC(=O)CC[C@]5(C)[C@H]4CC[C@]23C)C=C(C)C=CC=N1. The number of esters is 1. The second kappa shape index (κ2) is 9.53. The normalized spacial score (nSPS) is 44.6. The predicted molar refractivity (Wildman–Crippen MR) is 142 cm³/mol. The first-order valence-corrected chi connectivity index (χ1v) is 14.3. The molecule has 5 rings (SSSR count). The van der Waals surface area contributed by atoms with Crippen LogP contribution in [0.1, 0.15) is 85.5 Å². The largest absolute Gasteiger partial charge is 0.464 e. The van der Waals surface area contributed by atoms with E-state index in [4.69, 9.17) is 14.5 Å². The van der Waals surface area contributed by atoms with Gasteiger partial charge >= 0.3 is 5.97 Å². The predicted octanol–water partition coefficient (Wildman–Crippen LogP) is 6.12. The van der Waals surface area contributed by atoms with Gasteiger partial charge in [0.25, 0.3) is 0 Å². The number of hydrogen-bond donors (Lipinski definition) is 0. The number of carbonyl (C=O) groups is 2. The summed E-state index contributed by atoms with van der Waals surface area (Å²) in [4.78, 5) is 30.7. The lowest BCUT2D eigenvalue weighted by atomic mass is 9.44. The molecule has 0 N–H and O–H groups in total. The quantitative estimate of drug-likeness (QED) is 0.431. The van der Waals surface area contributed by atoms with Crippen LogP contribution in [-0.4, -0.2) is 43.3 Å². The number of carbonyl (C=O) groups excluding carboxylic acids is 2. The molecule has 0 bridgehead atoms. The van der Waals surface area contributed by atoms with E-state index in [0.717, 1.165) is 37.7 Å². The number of hydrogen-bond acceptors (Lipinski definition) is 5. The van der Waals surface area contributed by atoms with Gasteiger partial charge in [0.2, 0.25) is 0 Å². The topological polar surface area (TPSA) is 65.0 Å². The van der Waals surface area contributed by atoms with Gasteiger partial charge < -0.3 is 9.47 Å². The first-order chi connectivity index (χ1) is 17.2. The molecule has 36 heavy (non-hydrogen) atoms. The second-order valence-electron chi connectivity index (χ2n) is 12.9. The van der Waals surface area contributed by atoms with Crippen molar-refractivity contribution in [2.75, 3.05) is 13.7 Å². The maximum absolute atomic E-state index is 13.3. The molecule has 5 aliphatic rings. The van der Waals surface area contributed by atoms with Crippen molar-refractivity contribution < 1.29 is 19.1 Å². The Morgan fingerprint density at radius 2 is 1.89 bits per heavy atom. The molecule has 1 aliphatic heterocycles. The van der Waals surface area contributed by atoms with E-state index >= 15 is 0 Å². The molecule has 9 atom stereocenters. The number of Topliss-reactive ketones (excluding diaryl/α,β-unsaturated/α-hetero) is 1. The number of fused-ring (bicyclic) bond motifs is 5. The molecule has 0 amide bonds. The van der Waals surface area contributed by atoms with E-state index in [1.54, 1.807) is 7.11 Å². The van der Waals surface area contributed by atoms with Gasteiger partial charge in [0.1, 0.15) is 11.3 Å². The fraction of sp³-hybridized carbons (Fsp3) is 0.774. The summed E-state index contributed by atoms with van der Waals surface area (Å²) >= 11 is 0. The summed E-state index contributed by atoms with van der Waals surface area (Å²) in [5.41, 5.74) is 0.716. The fourth-order valence-electron chi connectivity index (χ4n) is 9.83. The van der Waals surface area contributed by atoms with Crippen LogP contribution in [0, 0.1) is 40.4 Å². The number of rotatable bonds is 5. The molecular weight excluding hydrogens is 450 g/mol. The van der Waals surface area contributed by atoms with Crippen molar-refractivity contribution in [3.8, 4) is 0 Å². The Labute approximate surface area is 217 Å². The molecule has 4 unspecified atom stereocenters. The van der Waals surface area contributed by atoms with E-state index in [1.807, 2.05) is 19.2 Å². The lowest BCUT2D eigenvalue weighted by Gasteiger charge is -2.61. The summed E-state index contributed by atoms with van der Waals surface area (Å²) in [6.45, 7) is 9.26. The molecule has 5 nitrogen and oxygen atoms in total. The average Bonchev–Trinajstić information content (AvgIpc) is 3.09. The molecule has 0 saturated heterocycles. The zero-order chi connectivity index (χ0) is 25.7. The Morgan fingerprint density at radius 3 is 2.64 bits per heavy atom. The van der Waals surface area contributed by atoms with Crippen LogP contribution in [-0.2, 0) is 19.1 Å². The summed E-state index contributed by atoms with van der Waals surface area (Å²) in [6, 6.07) is 0. The van der Waals surface area contributed by atoms with Gasteiger partial charge in [-0.1, -0.05) is 31.6 Å². The number of ketones is 1. The van der Waals surface area contributed by atoms with Gasteiger partial charge in [-0.25, -0.2) is 4.79 Å². The van der Waals surface area contributed by atoms with Crippen LogP contribution in [0.25, 0.3) is 0 Å². The van der Waals surface area contributed by atoms with Crippen molar-refractivity contribution >= 4 is 18.0 Å². The Bertz CT molecular complexity index is 983. The van der Waals surface area contributed by atoms with Gasteiger partial charge in [-0.2, -0.15) is 0 Å². The van der Waals surface area contributed by atoms with Crippen LogP contribution in [0.3, 0.4) is 0 Å². The van der Waals surface area contributed by atoms with Crippen molar-refractivity contribution in [2.24, 2.45) is 45.4 Å². The fourth-order valence-corrected chi connectivity index (χ4v) is 9.83. The zero-order valence-corrected chi connectivity index (χ0v) is 22.9. The number of methoxy groups -OCH3 is 1. The Balaban J connectivity index is 1.51. The van der Waals surface area contributed by atoms with E-state index in [1.165, 1.54) is 25.7 Å². The molecule has 0 aromatic rings. The molecule has 5 heteroatoms. The maximum atomic E-state index is 13.3. The van der Waals surface area contributed by atoms with Crippen LogP contribution >= 0.6 is 0 Å². The molecule has 0 spiro atoms. The molecule has 0 aromatic heterocycles. The van der Waals surface area contributed by atoms with E-state index < -0.39 is 11.6 Å². The van der Waals surface area contributed by atoms with Crippen molar-refractivity contribution in [1.82, 2.24) is 0 Å². The van der Waals surface area contributed by atoms with E-state index in [0.29, 0.717) is 41.5 Å². The highest BCUT2D eigenvalue weighted by Gasteiger charge is 2.65. The lowest BCUT2D eigenvalue weighted by molar-refractivity contribution is -0.163. The smallest absolute Gasteiger partial charge is 0.338 e. The number of allylic oxidation sites excluding steroid dienone is 3. The minimum absolute atomic E-state index is 0.0799. The van der Waals surface area contributed by atoms with Crippen LogP contribution < -0.4 is 0 Å². The van der Waals surface area contributed by atoms with Crippen molar-refractivity contribution in [2.45, 2.75) is 97.1 Å². The summed E-state index contributed by atoms with van der Waals surface area (Å²) in [5.74, 6) is 2.95. The van der Waals surface area contributed by atoms with Gasteiger partial charge in [-0.05, 0) is 105 Å². The second-order valence-corrected chi connectivity index (χ2v) is 12.9. The summed E-state index contributed by atoms with van der Waals surface area (Å²) < 4.78 is 11.5. The molecule has 4 fully saturated rings. The van der Waals surface area contributed by atoms with E-state index in [-0.39, 0.29) is 17.3 Å².